The molecule has 0 unspecified atom stereocenters. The van der Waals surface area contributed by atoms with Gasteiger partial charge in [0, 0.05) is 5.57 Å². The van der Waals surface area contributed by atoms with E-state index < -0.39 is 0 Å². The van der Waals surface area contributed by atoms with Crippen molar-refractivity contribution in [2.45, 2.75) is 40.0 Å². The van der Waals surface area contributed by atoms with Crippen LogP contribution in [0, 0.1) is 0 Å². The highest BCUT2D eigenvalue weighted by atomic mass is 79.9. The average Bonchev–Trinajstić information content (AvgIpc) is 2.32. The quantitative estimate of drug-likeness (QED) is 0.380. The van der Waals surface area contributed by atoms with Gasteiger partial charge in [0.1, 0.15) is 0 Å². The van der Waals surface area contributed by atoms with E-state index in [0.29, 0.717) is 5.33 Å². The van der Waals surface area contributed by atoms with Crippen molar-refractivity contribution in [2.75, 3.05) is 5.33 Å². The molecular formula is C14H21BrO. The molecule has 1 nitrogen and oxygen atoms in total. The maximum absolute atomic E-state index is 11.8. The number of carbonyl (C=O) groups is 1. The van der Waals surface area contributed by atoms with E-state index in [9.17, 15) is 4.79 Å². The van der Waals surface area contributed by atoms with Crippen molar-refractivity contribution < 1.29 is 4.79 Å². The lowest BCUT2D eigenvalue weighted by atomic mass is 9.93. The van der Waals surface area contributed by atoms with Crippen LogP contribution in [0.1, 0.15) is 40.0 Å². The number of alkyl halides is 1. The van der Waals surface area contributed by atoms with E-state index in [1.807, 2.05) is 26.0 Å². The van der Waals surface area contributed by atoms with E-state index >= 15 is 0 Å². The van der Waals surface area contributed by atoms with Gasteiger partial charge in [-0.3, -0.25) is 4.79 Å². The first-order chi connectivity index (χ1) is 7.62. The van der Waals surface area contributed by atoms with E-state index in [4.69, 9.17) is 0 Å². The summed E-state index contributed by atoms with van der Waals surface area (Å²) in [6.07, 6.45) is 6.92. The van der Waals surface area contributed by atoms with Crippen molar-refractivity contribution in [1.29, 1.82) is 0 Å². The second-order valence-corrected chi connectivity index (χ2v) is 4.29. The Morgan fingerprint density at radius 1 is 1.44 bits per heavy atom. The van der Waals surface area contributed by atoms with Gasteiger partial charge < -0.3 is 0 Å². The number of Topliss-reactive ketones (excluding diaryl/α,β-unsaturated/α-hetero) is 1. The van der Waals surface area contributed by atoms with Crippen LogP contribution in [0.5, 0.6) is 0 Å². The Morgan fingerprint density at radius 3 is 2.44 bits per heavy atom. The van der Waals surface area contributed by atoms with Crippen molar-refractivity contribution in [2.24, 2.45) is 0 Å². The molecule has 16 heavy (non-hydrogen) atoms. The lowest BCUT2D eigenvalue weighted by molar-refractivity contribution is -0.112. The Labute approximate surface area is 107 Å². The van der Waals surface area contributed by atoms with Crippen molar-refractivity contribution >= 4 is 21.7 Å². The van der Waals surface area contributed by atoms with E-state index in [2.05, 4.69) is 29.4 Å². The van der Waals surface area contributed by atoms with Gasteiger partial charge in [0.2, 0.25) is 0 Å². The molecule has 0 fully saturated rings. The minimum absolute atomic E-state index is 0.148. The lowest BCUT2D eigenvalue weighted by Crippen LogP contribution is -2.07. The molecule has 0 spiro atoms. The van der Waals surface area contributed by atoms with Gasteiger partial charge in [-0.1, -0.05) is 48.0 Å². The summed E-state index contributed by atoms with van der Waals surface area (Å²) in [5.41, 5.74) is 3.09. The minimum Gasteiger partial charge on any atom is -0.293 e. The zero-order valence-corrected chi connectivity index (χ0v) is 12.1. The number of hydrogen-bond donors (Lipinski definition) is 0. The summed E-state index contributed by atoms with van der Waals surface area (Å²) in [5, 5.41) is 0.382. The molecule has 0 heterocycles. The number of rotatable bonds is 7. The van der Waals surface area contributed by atoms with Crippen LogP contribution in [0.15, 0.2) is 35.5 Å². The molecule has 0 aromatic rings. The molecule has 0 aromatic carbocycles. The molecule has 0 aliphatic heterocycles. The Balaban J connectivity index is 5.17. The lowest BCUT2D eigenvalue weighted by Gasteiger charge is -2.12. The maximum atomic E-state index is 11.8. The van der Waals surface area contributed by atoms with Crippen LogP contribution in [0.2, 0.25) is 0 Å². The van der Waals surface area contributed by atoms with E-state index in [1.165, 1.54) is 0 Å². The molecule has 0 radical (unpaired) electrons. The van der Waals surface area contributed by atoms with Gasteiger partial charge in [-0.2, -0.15) is 0 Å². The fourth-order valence-corrected chi connectivity index (χ4v) is 1.90. The first kappa shape index (κ1) is 15.4. The maximum Gasteiger partial charge on any atom is 0.173 e. The zero-order chi connectivity index (χ0) is 12.6. The normalized spacial score (nSPS) is 13.4. The van der Waals surface area contributed by atoms with Crippen LogP contribution in [0.3, 0.4) is 0 Å². The van der Waals surface area contributed by atoms with Gasteiger partial charge in [-0.25, -0.2) is 0 Å². The third-order valence-electron chi connectivity index (χ3n) is 2.60. The predicted octanol–water partition coefficient (Wildman–Crippen LogP) is 4.59. The van der Waals surface area contributed by atoms with Gasteiger partial charge >= 0.3 is 0 Å². The van der Waals surface area contributed by atoms with Gasteiger partial charge in [-0.15, -0.1) is 0 Å². The second kappa shape index (κ2) is 8.51. The molecule has 0 aliphatic carbocycles. The Hall–Kier alpha value is -0.630. The summed E-state index contributed by atoms with van der Waals surface area (Å²) in [4.78, 5) is 11.8. The summed E-state index contributed by atoms with van der Waals surface area (Å²) in [6.45, 7) is 9.87. The summed E-state index contributed by atoms with van der Waals surface area (Å²) in [6, 6.07) is 0. The highest BCUT2D eigenvalue weighted by molar-refractivity contribution is 9.09. The van der Waals surface area contributed by atoms with Crippen LogP contribution in [0.4, 0.5) is 0 Å². The average molecular weight is 285 g/mol. The molecule has 2 heteroatoms. The minimum atomic E-state index is 0.148. The summed E-state index contributed by atoms with van der Waals surface area (Å²) in [7, 11) is 0. The number of halogens is 1. The second-order valence-electron chi connectivity index (χ2n) is 3.73. The first-order valence-electron chi connectivity index (χ1n) is 5.70. The molecule has 0 saturated heterocycles. The standard InChI is InChI=1S/C14H21BrO/c1-5-8-9-13(11(4)6-2)12(7-3)14(16)10-15/h6-7H,2,5,8-10H2,1,3-4H3. The Bertz CT molecular complexity index is 311. The number of allylic oxidation sites excluding steroid dienone is 5. The number of hydrogen-bond acceptors (Lipinski definition) is 1. The largest absolute Gasteiger partial charge is 0.293 e. The van der Waals surface area contributed by atoms with Crippen LogP contribution < -0.4 is 0 Å². The van der Waals surface area contributed by atoms with Crippen LogP contribution in [0.25, 0.3) is 0 Å². The molecule has 0 amide bonds. The topological polar surface area (TPSA) is 17.1 Å². The molecule has 0 aliphatic rings. The highest BCUT2D eigenvalue weighted by Crippen LogP contribution is 2.23. The smallest absolute Gasteiger partial charge is 0.173 e. The van der Waals surface area contributed by atoms with Gasteiger partial charge in [0.05, 0.1) is 5.33 Å². The SMILES string of the molecule is C=CC(C)=C(CCCC)C(=CC)C(=O)CBr. The molecule has 90 valence electrons. The van der Waals surface area contributed by atoms with E-state index in [1.54, 1.807) is 0 Å². The van der Waals surface area contributed by atoms with Crippen molar-refractivity contribution in [3.63, 3.8) is 0 Å². The molecule has 0 N–H and O–H groups in total. The highest BCUT2D eigenvalue weighted by Gasteiger charge is 2.13. The van der Waals surface area contributed by atoms with Gasteiger partial charge in [-0.05, 0) is 37.8 Å². The third-order valence-corrected chi connectivity index (χ3v) is 3.11. The van der Waals surface area contributed by atoms with Gasteiger partial charge in [0.15, 0.2) is 5.78 Å². The van der Waals surface area contributed by atoms with Crippen molar-refractivity contribution in [1.82, 2.24) is 0 Å². The van der Waals surface area contributed by atoms with Gasteiger partial charge in [0.25, 0.3) is 0 Å². The van der Waals surface area contributed by atoms with E-state index in [0.717, 1.165) is 36.0 Å². The van der Waals surface area contributed by atoms with E-state index in [-0.39, 0.29) is 5.78 Å². The fourth-order valence-electron chi connectivity index (χ4n) is 1.60. The number of ketones is 1. The molecule has 0 aromatic heterocycles. The zero-order valence-electron chi connectivity index (χ0n) is 10.5. The monoisotopic (exact) mass is 284 g/mol. The van der Waals surface area contributed by atoms with Crippen molar-refractivity contribution in [3.8, 4) is 0 Å². The fraction of sp³-hybridized carbons (Fsp3) is 0.500. The molecular weight excluding hydrogens is 264 g/mol. The molecule has 0 rings (SSSR count). The Morgan fingerprint density at radius 2 is 2.06 bits per heavy atom. The molecule has 0 atom stereocenters. The summed E-state index contributed by atoms with van der Waals surface area (Å²) in [5.74, 6) is 0.148. The number of unbranched alkanes of at least 4 members (excludes halogenated alkanes) is 1. The summed E-state index contributed by atoms with van der Waals surface area (Å²) >= 11 is 3.22. The third kappa shape index (κ3) is 4.48. The van der Waals surface area contributed by atoms with Crippen LogP contribution in [-0.4, -0.2) is 11.1 Å². The summed E-state index contributed by atoms with van der Waals surface area (Å²) < 4.78 is 0. The first-order valence-corrected chi connectivity index (χ1v) is 6.82. The predicted molar refractivity (Wildman–Crippen MR) is 75.0 cm³/mol. The number of carbonyl (C=O) groups excluding carboxylic acids is 1. The van der Waals surface area contributed by atoms with Crippen molar-refractivity contribution in [3.05, 3.63) is 35.5 Å². The molecule has 0 saturated carbocycles. The molecule has 0 bridgehead atoms. The Kier molecular flexibility index (Phi) is 8.18. The van der Waals surface area contributed by atoms with Crippen LogP contribution >= 0.6 is 15.9 Å². The van der Waals surface area contributed by atoms with Crippen LogP contribution in [-0.2, 0) is 4.79 Å².